The Morgan fingerprint density at radius 2 is 1.75 bits per heavy atom. The molecule has 1 spiro atoms. The van der Waals surface area contributed by atoms with Crippen LogP contribution >= 0.6 is 0 Å². The summed E-state index contributed by atoms with van der Waals surface area (Å²) in [6, 6.07) is 15.7. The van der Waals surface area contributed by atoms with Gasteiger partial charge in [-0.2, -0.15) is 0 Å². The van der Waals surface area contributed by atoms with Gasteiger partial charge in [-0.1, -0.05) is 30.3 Å². The fourth-order valence-electron chi connectivity index (χ4n) is 3.92. The molecule has 2 amide bonds. The number of carbonyl (C=O) groups is 2. The molecule has 2 aliphatic heterocycles. The zero-order chi connectivity index (χ0) is 19.6. The molecule has 0 aromatic heterocycles. The Morgan fingerprint density at radius 3 is 2.43 bits per heavy atom. The SMILES string of the molecule is O=C(OCc1ccccc1)N1CCC2(CC1)C(=O)NCN2c1ccc(F)cc1. The van der Waals surface area contributed by atoms with E-state index in [9.17, 15) is 14.0 Å². The van der Waals surface area contributed by atoms with Gasteiger partial charge < -0.3 is 19.9 Å². The van der Waals surface area contributed by atoms with Crippen molar-refractivity contribution in [1.29, 1.82) is 0 Å². The third kappa shape index (κ3) is 3.40. The van der Waals surface area contributed by atoms with Crippen molar-refractivity contribution in [3.63, 3.8) is 0 Å². The van der Waals surface area contributed by atoms with Crippen molar-refractivity contribution < 1.29 is 18.7 Å². The Balaban J connectivity index is 1.40. The van der Waals surface area contributed by atoms with Crippen LogP contribution in [0.25, 0.3) is 0 Å². The molecule has 2 aromatic rings. The molecular weight excluding hydrogens is 361 g/mol. The van der Waals surface area contributed by atoms with Gasteiger partial charge in [0.2, 0.25) is 5.91 Å². The average Bonchev–Trinajstić information content (AvgIpc) is 3.04. The normalized spacial score (nSPS) is 18.2. The number of carbonyl (C=O) groups excluding carboxylic acids is 2. The predicted octanol–water partition coefficient (Wildman–Crippen LogP) is 2.89. The highest BCUT2D eigenvalue weighted by atomic mass is 19.1. The summed E-state index contributed by atoms with van der Waals surface area (Å²) in [6.45, 7) is 1.46. The average molecular weight is 383 g/mol. The highest BCUT2D eigenvalue weighted by Crippen LogP contribution is 2.36. The number of nitrogens with one attached hydrogen (secondary N) is 1. The van der Waals surface area contributed by atoms with E-state index in [0.717, 1.165) is 11.3 Å². The van der Waals surface area contributed by atoms with Crippen molar-refractivity contribution in [1.82, 2.24) is 10.2 Å². The summed E-state index contributed by atoms with van der Waals surface area (Å²) >= 11 is 0. The number of nitrogens with zero attached hydrogens (tertiary/aromatic N) is 2. The predicted molar refractivity (Wildman–Crippen MR) is 102 cm³/mol. The largest absolute Gasteiger partial charge is 0.445 e. The molecule has 0 aliphatic carbocycles. The van der Waals surface area contributed by atoms with Gasteiger partial charge in [0.05, 0.1) is 6.67 Å². The lowest BCUT2D eigenvalue weighted by atomic mass is 9.86. The number of hydrogen-bond acceptors (Lipinski definition) is 4. The molecule has 28 heavy (non-hydrogen) atoms. The van der Waals surface area contributed by atoms with Gasteiger partial charge in [0.15, 0.2) is 0 Å². The quantitative estimate of drug-likeness (QED) is 0.885. The molecule has 4 rings (SSSR count). The minimum absolute atomic E-state index is 0.0471. The van der Waals surface area contributed by atoms with Gasteiger partial charge in [-0.3, -0.25) is 4.79 Å². The minimum atomic E-state index is -0.714. The summed E-state index contributed by atoms with van der Waals surface area (Å²) in [5, 5.41) is 2.89. The maximum atomic E-state index is 13.3. The number of hydrogen-bond donors (Lipinski definition) is 1. The molecule has 1 N–H and O–H groups in total. The summed E-state index contributed by atoms with van der Waals surface area (Å²) in [7, 11) is 0. The third-order valence-electron chi connectivity index (χ3n) is 5.53. The van der Waals surface area contributed by atoms with Gasteiger partial charge in [0, 0.05) is 18.8 Å². The van der Waals surface area contributed by atoms with Crippen molar-refractivity contribution in [2.75, 3.05) is 24.7 Å². The van der Waals surface area contributed by atoms with E-state index >= 15 is 0 Å². The number of piperidine rings is 1. The van der Waals surface area contributed by atoms with E-state index in [2.05, 4.69) is 5.32 Å². The fraction of sp³-hybridized carbons (Fsp3) is 0.333. The number of amides is 2. The molecule has 0 radical (unpaired) electrons. The number of rotatable bonds is 3. The molecule has 2 aromatic carbocycles. The van der Waals surface area contributed by atoms with E-state index in [-0.39, 0.29) is 24.4 Å². The molecule has 2 aliphatic rings. The molecule has 0 bridgehead atoms. The maximum absolute atomic E-state index is 13.3. The van der Waals surface area contributed by atoms with Gasteiger partial charge in [-0.15, -0.1) is 0 Å². The molecule has 2 saturated heterocycles. The highest BCUT2D eigenvalue weighted by molar-refractivity contribution is 5.93. The Labute approximate surface area is 162 Å². The summed E-state index contributed by atoms with van der Waals surface area (Å²) < 4.78 is 18.7. The first-order valence-electron chi connectivity index (χ1n) is 9.36. The van der Waals surface area contributed by atoms with E-state index in [1.54, 1.807) is 17.0 Å². The summed E-state index contributed by atoms with van der Waals surface area (Å²) in [5.74, 6) is -0.360. The molecule has 0 atom stereocenters. The number of halogens is 1. The minimum Gasteiger partial charge on any atom is -0.445 e. The number of anilines is 1. The molecular formula is C21H22FN3O3. The first kappa shape index (κ1) is 18.3. The van der Waals surface area contributed by atoms with Crippen LogP contribution in [0, 0.1) is 5.82 Å². The van der Waals surface area contributed by atoms with Crippen LogP contribution in [-0.4, -0.2) is 42.2 Å². The van der Waals surface area contributed by atoms with Gasteiger partial charge in [-0.05, 0) is 42.7 Å². The second kappa shape index (κ2) is 7.50. The van der Waals surface area contributed by atoms with E-state index in [1.165, 1.54) is 12.1 Å². The van der Waals surface area contributed by atoms with Crippen molar-refractivity contribution >= 4 is 17.7 Å². The number of likely N-dealkylation sites (tertiary alicyclic amines) is 1. The van der Waals surface area contributed by atoms with Crippen molar-refractivity contribution in [2.24, 2.45) is 0 Å². The summed E-state index contributed by atoms with van der Waals surface area (Å²) in [6.07, 6.45) is 0.623. The Morgan fingerprint density at radius 1 is 1.07 bits per heavy atom. The lowest BCUT2D eigenvalue weighted by molar-refractivity contribution is -0.125. The molecule has 7 heteroatoms. The number of benzene rings is 2. The van der Waals surface area contributed by atoms with Gasteiger partial charge in [0.25, 0.3) is 0 Å². The monoisotopic (exact) mass is 383 g/mol. The lowest BCUT2D eigenvalue weighted by Gasteiger charge is -2.42. The Kier molecular flexibility index (Phi) is 4.90. The molecule has 0 saturated carbocycles. The molecule has 0 unspecified atom stereocenters. The first-order chi connectivity index (χ1) is 13.6. The summed E-state index contributed by atoms with van der Waals surface area (Å²) in [5.41, 5.74) is 1.01. The van der Waals surface area contributed by atoms with Crippen molar-refractivity contribution in [3.8, 4) is 0 Å². The molecule has 2 heterocycles. The Bertz CT molecular complexity index is 849. The van der Waals surface area contributed by atoms with Gasteiger partial charge in [0.1, 0.15) is 18.0 Å². The van der Waals surface area contributed by atoms with Crippen molar-refractivity contribution in [2.45, 2.75) is 25.0 Å². The summed E-state index contributed by atoms with van der Waals surface area (Å²) in [4.78, 5) is 28.6. The van der Waals surface area contributed by atoms with Crippen LogP contribution in [0.15, 0.2) is 54.6 Å². The maximum Gasteiger partial charge on any atom is 0.410 e. The fourth-order valence-corrected chi connectivity index (χ4v) is 3.92. The van der Waals surface area contributed by atoms with Gasteiger partial charge in [-0.25, -0.2) is 9.18 Å². The topological polar surface area (TPSA) is 61.9 Å². The highest BCUT2D eigenvalue weighted by Gasteiger charge is 2.51. The molecule has 6 nitrogen and oxygen atoms in total. The number of ether oxygens (including phenoxy) is 1. The lowest BCUT2D eigenvalue weighted by Crippen LogP contribution is -2.57. The van der Waals surface area contributed by atoms with Crippen molar-refractivity contribution in [3.05, 3.63) is 66.0 Å². The standard InChI is InChI=1S/C21H22FN3O3/c22-17-6-8-18(9-7-17)25-15-23-19(26)21(25)10-12-24(13-11-21)20(27)28-14-16-4-2-1-3-5-16/h1-9H,10-15H2,(H,23,26). The second-order valence-corrected chi connectivity index (χ2v) is 7.13. The molecule has 146 valence electrons. The molecule has 2 fully saturated rings. The van der Waals surface area contributed by atoms with Crippen LogP contribution in [0.3, 0.4) is 0 Å². The van der Waals surface area contributed by atoms with Crippen LogP contribution in [0.1, 0.15) is 18.4 Å². The van der Waals surface area contributed by atoms with Crippen LogP contribution < -0.4 is 10.2 Å². The Hall–Kier alpha value is -3.09. The smallest absolute Gasteiger partial charge is 0.410 e. The van der Waals surface area contributed by atoms with Crippen LogP contribution in [-0.2, 0) is 16.1 Å². The zero-order valence-electron chi connectivity index (χ0n) is 15.4. The van der Waals surface area contributed by atoms with Crippen LogP contribution in [0.2, 0.25) is 0 Å². The zero-order valence-corrected chi connectivity index (χ0v) is 15.4. The van der Waals surface area contributed by atoms with E-state index in [1.807, 2.05) is 35.2 Å². The second-order valence-electron chi connectivity index (χ2n) is 7.13. The van der Waals surface area contributed by atoms with Crippen LogP contribution in [0.5, 0.6) is 0 Å². The van der Waals surface area contributed by atoms with E-state index in [4.69, 9.17) is 4.74 Å². The van der Waals surface area contributed by atoms with E-state index < -0.39 is 5.54 Å². The van der Waals surface area contributed by atoms with E-state index in [0.29, 0.717) is 32.6 Å². The van der Waals surface area contributed by atoms with Gasteiger partial charge >= 0.3 is 6.09 Å². The van der Waals surface area contributed by atoms with Crippen LogP contribution in [0.4, 0.5) is 14.9 Å². The third-order valence-corrected chi connectivity index (χ3v) is 5.53. The first-order valence-corrected chi connectivity index (χ1v) is 9.36.